The summed E-state index contributed by atoms with van der Waals surface area (Å²) < 4.78 is 17.9. The van der Waals surface area contributed by atoms with Crippen LogP contribution in [0, 0.1) is 6.92 Å². The van der Waals surface area contributed by atoms with Crippen LogP contribution in [0.15, 0.2) is 57.0 Å². The number of benzene rings is 1. The average Bonchev–Trinajstić information content (AvgIpc) is 3.35. The van der Waals surface area contributed by atoms with Crippen LogP contribution in [-0.2, 0) is 5.75 Å². The molecular weight excluding hydrogens is 380 g/mol. The van der Waals surface area contributed by atoms with Gasteiger partial charge in [-0.15, -0.1) is 10.2 Å². The fourth-order valence-corrected chi connectivity index (χ4v) is 3.54. The van der Waals surface area contributed by atoms with E-state index in [1.54, 1.807) is 12.3 Å². The molecule has 4 heterocycles. The van der Waals surface area contributed by atoms with Crippen LogP contribution in [-0.4, -0.2) is 26.4 Å². The number of aromatic nitrogens is 4. The van der Waals surface area contributed by atoms with Crippen molar-refractivity contribution in [2.45, 2.75) is 17.9 Å². The highest BCUT2D eigenvalue weighted by molar-refractivity contribution is 7.98. The zero-order chi connectivity index (χ0) is 19.1. The van der Waals surface area contributed by atoms with Gasteiger partial charge >= 0.3 is 0 Å². The van der Waals surface area contributed by atoms with Gasteiger partial charge in [-0.3, -0.25) is 9.20 Å². The molecule has 5 rings (SSSR count). The molecule has 0 saturated heterocycles. The summed E-state index contributed by atoms with van der Waals surface area (Å²) in [4.78, 5) is 16.8. The zero-order valence-corrected chi connectivity index (χ0v) is 15.6. The van der Waals surface area contributed by atoms with E-state index < -0.39 is 0 Å². The Kier molecular flexibility index (Phi) is 4.01. The molecule has 0 saturated carbocycles. The minimum Gasteiger partial charge on any atom is -0.454 e. The molecule has 1 aromatic carbocycles. The second-order valence-corrected chi connectivity index (χ2v) is 7.18. The predicted molar refractivity (Wildman–Crippen MR) is 102 cm³/mol. The van der Waals surface area contributed by atoms with Crippen molar-refractivity contribution in [3.8, 4) is 23.0 Å². The van der Waals surface area contributed by atoms with Gasteiger partial charge in [-0.05, 0) is 36.8 Å². The van der Waals surface area contributed by atoms with Crippen molar-refractivity contribution in [2.24, 2.45) is 0 Å². The van der Waals surface area contributed by atoms with E-state index >= 15 is 0 Å². The van der Waals surface area contributed by atoms with E-state index in [0.717, 1.165) is 11.1 Å². The number of hydrogen-bond donors (Lipinski definition) is 0. The Balaban J connectivity index is 1.34. The maximum absolute atomic E-state index is 12.3. The smallest absolute Gasteiger partial charge is 0.277 e. The highest BCUT2D eigenvalue weighted by Crippen LogP contribution is 2.36. The molecule has 3 aromatic heterocycles. The number of fused-ring (bicyclic) bond motifs is 2. The standard InChI is InChI=1S/C19H14N4O4S/c1-11-2-5-16-20-13(7-17(24)23(16)8-11)9-28-19-22-21-18(27-19)12-3-4-14-15(6-12)26-10-25-14/h2-8H,9-10H2,1H3. The van der Waals surface area contributed by atoms with E-state index in [1.807, 2.05) is 31.2 Å². The molecule has 4 aromatic rings. The van der Waals surface area contributed by atoms with E-state index in [2.05, 4.69) is 15.2 Å². The number of rotatable bonds is 4. The van der Waals surface area contributed by atoms with Gasteiger partial charge in [0.1, 0.15) is 5.65 Å². The molecule has 0 amide bonds. The molecule has 28 heavy (non-hydrogen) atoms. The Bertz CT molecular complexity index is 1250. The lowest BCUT2D eigenvalue weighted by Gasteiger charge is -2.03. The third kappa shape index (κ3) is 3.09. The summed E-state index contributed by atoms with van der Waals surface area (Å²) in [6.45, 7) is 2.14. The van der Waals surface area contributed by atoms with Gasteiger partial charge in [0.25, 0.3) is 10.8 Å². The lowest BCUT2D eigenvalue weighted by Crippen LogP contribution is -2.15. The summed E-state index contributed by atoms with van der Waals surface area (Å²) >= 11 is 1.33. The maximum Gasteiger partial charge on any atom is 0.277 e. The highest BCUT2D eigenvalue weighted by atomic mass is 32.2. The van der Waals surface area contributed by atoms with Crippen molar-refractivity contribution in [3.63, 3.8) is 0 Å². The van der Waals surface area contributed by atoms with Crippen LogP contribution >= 0.6 is 11.8 Å². The lowest BCUT2D eigenvalue weighted by atomic mass is 10.2. The van der Waals surface area contributed by atoms with Crippen molar-refractivity contribution in [2.75, 3.05) is 6.79 Å². The van der Waals surface area contributed by atoms with Crippen LogP contribution in [0.1, 0.15) is 11.3 Å². The second-order valence-electron chi connectivity index (χ2n) is 6.25. The van der Waals surface area contributed by atoms with Crippen LogP contribution in [0.3, 0.4) is 0 Å². The molecule has 0 atom stereocenters. The quantitative estimate of drug-likeness (QED) is 0.488. The van der Waals surface area contributed by atoms with Gasteiger partial charge in [-0.1, -0.05) is 17.8 Å². The summed E-state index contributed by atoms with van der Waals surface area (Å²) in [7, 11) is 0. The summed E-state index contributed by atoms with van der Waals surface area (Å²) in [5.41, 5.74) is 2.90. The normalized spacial score (nSPS) is 12.6. The molecule has 0 fully saturated rings. The number of ether oxygens (including phenoxy) is 2. The first-order valence-corrected chi connectivity index (χ1v) is 9.49. The molecule has 1 aliphatic rings. The number of pyridine rings is 1. The van der Waals surface area contributed by atoms with Crippen LogP contribution in [0.2, 0.25) is 0 Å². The monoisotopic (exact) mass is 394 g/mol. The fourth-order valence-electron chi connectivity index (χ4n) is 2.88. The summed E-state index contributed by atoms with van der Waals surface area (Å²) in [5, 5.41) is 8.54. The zero-order valence-electron chi connectivity index (χ0n) is 14.8. The van der Waals surface area contributed by atoms with Gasteiger partial charge in [0.2, 0.25) is 12.7 Å². The highest BCUT2D eigenvalue weighted by Gasteiger charge is 2.17. The second kappa shape index (κ2) is 6.68. The first-order chi connectivity index (χ1) is 13.7. The van der Waals surface area contributed by atoms with Crippen molar-refractivity contribution < 1.29 is 13.9 Å². The lowest BCUT2D eigenvalue weighted by molar-refractivity contribution is 0.174. The van der Waals surface area contributed by atoms with E-state index in [1.165, 1.54) is 22.2 Å². The number of nitrogens with zero attached hydrogens (tertiary/aromatic N) is 4. The van der Waals surface area contributed by atoms with Crippen LogP contribution in [0.25, 0.3) is 17.1 Å². The Morgan fingerprint density at radius 3 is 2.93 bits per heavy atom. The van der Waals surface area contributed by atoms with Crippen molar-refractivity contribution in [1.29, 1.82) is 0 Å². The number of thioether (sulfide) groups is 1. The molecule has 9 heteroatoms. The first kappa shape index (κ1) is 16.8. The van der Waals surface area contributed by atoms with E-state index in [0.29, 0.717) is 39.7 Å². The summed E-state index contributed by atoms with van der Waals surface area (Å²) in [6, 6.07) is 10.7. The molecule has 8 nitrogen and oxygen atoms in total. The average molecular weight is 394 g/mol. The van der Waals surface area contributed by atoms with Crippen molar-refractivity contribution >= 4 is 17.4 Å². The third-order valence-corrected chi connectivity index (χ3v) is 5.08. The number of aryl methyl sites for hydroxylation is 1. The summed E-state index contributed by atoms with van der Waals surface area (Å²) in [5.74, 6) is 2.19. The predicted octanol–water partition coefficient (Wildman–Crippen LogP) is 3.07. The molecule has 0 aliphatic carbocycles. The van der Waals surface area contributed by atoms with Gasteiger partial charge < -0.3 is 13.9 Å². The molecule has 0 N–H and O–H groups in total. The Morgan fingerprint density at radius 1 is 1.11 bits per heavy atom. The Labute approximate surface area is 163 Å². The minimum atomic E-state index is -0.115. The van der Waals surface area contributed by atoms with Crippen LogP contribution in [0.4, 0.5) is 0 Å². The minimum absolute atomic E-state index is 0.115. The summed E-state index contributed by atoms with van der Waals surface area (Å²) in [6.07, 6.45) is 1.78. The van der Waals surface area contributed by atoms with Gasteiger partial charge in [0.05, 0.1) is 5.69 Å². The molecule has 1 aliphatic heterocycles. The Hall–Kier alpha value is -3.33. The molecule has 0 unspecified atom stereocenters. The largest absolute Gasteiger partial charge is 0.454 e. The van der Waals surface area contributed by atoms with E-state index in [9.17, 15) is 4.79 Å². The topological polar surface area (TPSA) is 91.8 Å². The van der Waals surface area contributed by atoms with Gasteiger partial charge in [-0.2, -0.15) is 0 Å². The SMILES string of the molecule is Cc1ccc2nc(CSc3nnc(-c4ccc5c(c4)OCO5)o3)cc(=O)n2c1. The molecule has 0 radical (unpaired) electrons. The number of hydrogen-bond acceptors (Lipinski definition) is 8. The third-order valence-electron chi connectivity index (χ3n) is 4.23. The fraction of sp³-hybridized carbons (Fsp3) is 0.158. The van der Waals surface area contributed by atoms with E-state index in [4.69, 9.17) is 13.9 Å². The van der Waals surface area contributed by atoms with Crippen LogP contribution in [0.5, 0.6) is 11.5 Å². The molecular formula is C19H14N4O4S. The molecule has 140 valence electrons. The Morgan fingerprint density at radius 2 is 2.00 bits per heavy atom. The molecule has 0 spiro atoms. The van der Waals surface area contributed by atoms with Crippen molar-refractivity contribution in [3.05, 3.63) is 64.2 Å². The van der Waals surface area contributed by atoms with E-state index in [-0.39, 0.29) is 12.4 Å². The van der Waals surface area contributed by atoms with Gasteiger partial charge in [-0.25, -0.2) is 4.98 Å². The van der Waals surface area contributed by atoms with Gasteiger partial charge in [0.15, 0.2) is 11.5 Å². The maximum atomic E-state index is 12.3. The van der Waals surface area contributed by atoms with Crippen LogP contribution < -0.4 is 15.0 Å². The van der Waals surface area contributed by atoms with Gasteiger partial charge in [0, 0.05) is 23.6 Å². The first-order valence-electron chi connectivity index (χ1n) is 8.51. The molecule has 0 bridgehead atoms. The van der Waals surface area contributed by atoms with Crippen molar-refractivity contribution in [1.82, 2.24) is 19.6 Å².